The summed E-state index contributed by atoms with van der Waals surface area (Å²) in [6.45, 7) is 1.86. The maximum atomic E-state index is 13.6. The second kappa shape index (κ2) is 10.7. The lowest BCUT2D eigenvalue weighted by Gasteiger charge is -2.20. The van der Waals surface area contributed by atoms with Crippen LogP contribution in [0.4, 0.5) is 14.5 Å². The second-order valence-corrected chi connectivity index (χ2v) is 6.99. The topological polar surface area (TPSA) is 49.4 Å². The summed E-state index contributed by atoms with van der Waals surface area (Å²) in [5.74, 6) is -1.70. The number of nitrogens with one attached hydrogen (secondary N) is 1. The highest BCUT2D eigenvalue weighted by molar-refractivity contribution is 7.99. The SMILES string of the molecule is CCN(CC(=O)Nc1c(F)cccc1F)C(=O)CCCSc1ccccc1. The van der Waals surface area contributed by atoms with E-state index in [0.29, 0.717) is 19.4 Å². The molecule has 1 N–H and O–H groups in total. The van der Waals surface area contributed by atoms with E-state index in [4.69, 9.17) is 0 Å². The number of amides is 2. The molecule has 0 aliphatic rings. The monoisotopic (exact) mass is 392 g/mol. The lowest BCUT2D eigenvalue weighted by Crippen LogP contribution is -2.38. The number of carbonyl (C=O) groups is 2. The smallest absolute Gasteiger partial charge is 0.244 e. The Morgan fingerprint density at radius 2 is 1.70 bits per heavy atom. The van der Waals surface area contributed by atoms with Gasteiger partial charge in [0.2, 0.25) is 11.8 Å². The fourth-order valence-electron chi connectivity index (χ4n) is 2.43. The Morgan fingerprint density at radius 3 is 2.33 bits per heavy atom. The van der Waals surface area contributed by atoms with Crippen molar-refractivity contribution in [1.82, 2.24) is 4.90 Å². The highest BCUT2D eigenvalue weighted by Gasteiger charge is 2.17. The molecule has 2 aromatic carbocycles. The zero-order valence-corrected chi connectivity index (χ0v) is 15.9. The molecule has 0 aliphatic carbocycles. The normalized spacial score (nSPS) is 10.5. The van der Waals surface area contributed by atoms with Gasteiger partial charge >= 0.3 is 0 Å². The molecule has 2 aromatic rings. The van der Waals surface area contributed by atoms with Crippen LogP contribution in [0, 0.1) is 11.6 Å². The Hall–Kier alpha value is -2.41. The quantitative estimate of drug-likeness (QED) is 0.511. The lowest BCUT2D eigenvalue weighted by molar-refractivity contribution is -0.134. The average molecular weight is 392 g/mol. The Bertz CT molecular complexity index is 752. The first-order valence-corrected chi connectivity index (χ1v) is 9.69. The van der Waals surface area contributed by atoms with Crippen molar-refractivity contribution >= 4 is 29.3 Å². The number of carbonyl (C=O) groups excluding carboxylic acids is 2. The molecule has 144 valence electrons. The third-order valence-corrected chi connectivity index (χ3v) is 4.94. The van der Waals surface area contributed by atoms with E-state index in [9.17, 15) is 18.4 Å². The zero-order chi connectivity index (χ0) is 19.6. The standard InChI is InChI=1S/C20H22F2N2O2S/c1-2-24(14-18(25)23-20-16(21)10-6-11-17(20)22)19(26)12-7-13-27-15-8-4-3-5-9-15/h3-6,8-11H,2,7,12-14H2,1H3,(H,23,25). The van der Waals surface area contributed by atoms with Crippen LogP contribution in [0.1, 0.15) is 19.8 Å². The van der Waals surface area contributed by atoms with E-state index in [-0.39, 0.29) is 12.5 Å². The van der Waals surface area contributed by atoms with E-state index < -0.39 is 23.2 Å². The molecular weight excluding hydrogens is 370 g/mol. The van der Waals surface area contributed by atoms with Crippen molar-refractivity contribution in [2.45, 2.75) is 24.7 Å². The van der Waals surface area contributed by atoms with Crippen molar-refractivity contribution in [1.29, 1.82) is 0 Å². The Labute approximate surface area is 161 Å². The van der Waals surface area contributed by atoms with Gasteiger partial charge in [-0.15, -0.1) is 11.8 Å². The molecule has 4 nitrogen and oxygen atoms in total. The first-order valence-electron chi connectivity index (χ1n) is 8.70. The summed E-state index contributed by atoms with van der Waals surface area (Å²) in [5.41, 5.74) is -0.495. The number of para-hydroxylation sites is 1. The van der Waals surface area contributed by atoms with Gasteiger partial charge in [-0.25, -0.2) is 8.78 Å². The van der Waals surface area contributed by atoms with Crippen molar-refractivity contribution in [2.75, 3.05) is 24.2 Å². The summed E-state index contributed by atoms with van der Waals surface area (Å²) >= 11 is 1.67. The van der Waals surface area contributed by atoms with E-state index >= 15 is 0 Å². The van der Waals surface area contributed by atoms with Gasteiger partial charge in [0.15, 0.2) is 0 Å². The van der Waals surface area contributed by atoms with Gasteiger partial charge in [0.05, 0.1) is 6.54 Å². The zero-order valence-electron chi connectivity index (χ0n) is 15.1. The molecule has 0 fully saturated rings. The number of rotatable bonds is 9. The summed E-state index contributed by atoms with van der Waals surface area (Å²) in [6, 6.07) is 13.2. The van der Waals surface area contributed by atoms with E-state index in [0.717, 1.165) is 22.8 Å². The van der Waals surface area contributed by atoms with Crippen molar-refractivity contribution in [3.8, 4) is 0 Å². The highest BCUT2D eigenvalue weighted by atomic mass is 32.2. The van der Waals surface area contributed by atoms with Crippen LogP contribution in [0.15, 0.2) is 53.4 Å². The predicted octanol–water partition coefficient (Wildman–Crippen LogP) is 4.32. The number of anilines is 1. The number of hydrogen-bond donors (Lipinski definition) is 1. The van der Waals surface area contributed by atoms with Gasteiger partial charge in [-0.05, 0) is 43.4 Å². The number of thioether (sulfide) groups is 1. The third kappa shape index (κ3) is 6.67. The van der Waals surface area contributed by atoms with E-state index in [2.05, 4.69) is 5.32 Å². The fourth-order valence-corrected chi connectivity index (χ4v) is 3.31. The average Bonchev–Trinajstić information content (AvgIpc) is 2.67. The van der Waals surface area contributed by atoms with Gasteiger partial charge in [-0.3, -0.25) is 9.59 Å². The van der Waals surface area contributed by atoms with Crippen LogP contribution in [0.25, 0.3) is 0 Å². The summed E-state index contributed by atoms with van der Waals surface area (Å²) in [5, 5.41) is 2.20. The molecule has 2 amide bonds. The van der Waals surface area contributed by atoms with Gasteiger partial charge in [0.25, 0.3) is 0 Å². The maximum Gasteiger partial charge on any atom is 0.244 e. The molecular formula is C20H22F2N2O2S. The molecule has 7 heteroatoms. The van der Waals surface area contributed by atoms with Crippen LogP contribution in [0.2, 0.25) is 0 Å². The Balaban J connectivity index is 1.79. The van der Waals surface area contributed by atoms with Crippen LogP contribution in [-0.4, -0.2) is 35.6 Å². The van der Waals surface area contributed by atoms with Gasteiger partial charge in [0.1, 0.15) is 17.3 Å². The van der Waals surface area contributed by atoms with Crippen molar-refractivity contribution in [3.05, 3.63) is 60.2 Å². The van der Waals surface area contributed by atoms with Crippen LogP contribution in [0.5, 0.6) is 0 Å². The third-order valence-electron chi connectivity index (χ3n) is 3.84. The first kappa shape index (κ1) is 20.9. The Morgan fingerprint density at radius 1 is 1.04 bits per heavy atom. The van der Waals surface area contributed by atoms with Gasteiger partial charge < -0.3 is 10.2 Å². The first-order chi connectivity index (χ1) is 13.0. The fraction of sp³-hybridized carbons (Fsp3) is 0.300. The molecule has 0 unspecified atom stereocenters. The molecule has 0 saturated carbocycles. The maximum absolute atomic E-state index is 13.6. The number of benzene rings is 2. The molecule has 27 heavy (non-hydrogen) atoms. The molecule has 0 aromatic heterocycles. The van der Waals surface area contributed by atoms with Crippen molar-refractivity contribution in [3.63, 3.8) is 0 Å². The number of nitrogens with zero attached hydrogens (tertiary/aromatic N) is 1. The molecule has 0 aliphatic heterocycles. The van der Waals surface area contributed by atoms with Crippen LogP contribution < -0.4 is 5.32 Å². The molecule has 2 rings (SSSR count). The van der Waals surface area contributed by atoms with E-state index in [1.54, 1.807) is 18.7 Å². The minimum absolute atomic E-state index is 0.157. The molecule has 0 bridgehead atoms. The van der Waals surface area contributed by atoms with Gasteiger partial charge in [0, 0.05) is 17.9 Å². The molecule has 0 spiro atoms. The molecule has 0 saturated heterocycles. The number of hydrogen-bond acceptors (Lipinski definition) is 3. The lowest BCUT2D eigenvalue weighted by atomic mass is 10.2. The predicted molar refractivity (Wildman–Crippen MR) is 104 cm³/mol. The second-order valence-electron chi connectivity index (χ2n) is 5.82. The Kier molecular flexibility index (Phi) is 8.26. The van der Waals surface area contributed by atoms with Gasteiger partial charge in [-0.1, -0.05) is 24.3 Å². The molecule has 0 atom stereocenters. The van der Waals surface area contributed by atoms with Crippen LogP contribution in [-0.2, 0) is 9.59 Å². The summed E-state index contributed by atoms with van der Waals surface area (Å²) in [6.07, 6.45) is 0.994. The van der Waals surface area contributed by atoms with Crippen LogP contribution >= 0.6 is 11.8 Å². The number of halogens is 2. The minimum atomic E-state index is -0.851. The molecule has 0 heterocycles. The van der Waals surface area contributed by atoms with E-state index in [1.165, 1.54) is 11.0 Å². The largest absolute Gasteiger partial charge is 0.334 e. The van der Waals surface area contributed by atoms with Crippen molar-refractivity contribution < 1.29 is 18.4 Å². The minimum Gasteiger partial charge on any atom is -0.334 e. The summed E-state index contributed by atoms with van der Waals surface area (Å²) in [4.78, 5) is 26.9. The summed E-state index contributed by atoms with van der Waals surface area (Å²) in [7, 11) is 0. The van der Waals surface area contributed by atoms with Crippen LogP contribution in [0.3, 0.4) is 0 Å². The van der Waals surface area contributed by atoms with Gasteiger partial charge in [-0.2, -0.15) is 0 Å². The van der Waals surface area contributed by atoms with Crippen molar-refractivity contribution in [2.24, 2.45) is 0 Å². The highest BCUT2D eigenvalue weighted by Crippen LogP contribution is 2.19. The molecule has 0 radical (unpaired) electrons. The summed E-state index contributed by atoms with van der Waals surface area (Å²) < 4.78 is 27.2. The number of likely N-dealkylation sites (N-methyl/N-ethyl adjacent to an activating group) is 1. The van der Waals surface area contributed by atoms with E-state index in [1.807, 2.05) is 30.3 Å².